The number of carbonyl (C=O) groups is 1. The van der Waals surface area contributed by atoms with Gasteiger partial charge in [0.1, 0.15) is 0 Å². The van der Waals surface area contributed by atoms with Crippen LogP contribution < -0.4 is 5.32 Å². The molecule has 5 rings (SSSR count). The maximum absolute atomic E-state index is 11.8. The molecule has 1 aliphatic heterocycles. The Morgan fingerprint density at radius 1 is 1.13 bits per heavy atom. The number of hydrogen-bond acceptors (Lipinski definition) is 4. The first-order valence-electron chi connectivity index (χ1n) is 12.8. The monoisotopic (exact) mass is 434 g/mol. The molecule has 0 aromatic heterocycles. The highest BCUT2D eigenvalue weighted by Gasteiger charge is 2.60. The summed E-state index contributed by atoms with van der Waals surface area (Å²) in [4.78, 5) is 13.8. The second kappa shape index (κ2) is 8.26. The van der Waals surface area contributed by atoms with Crippen molar-refractivity contribution in [2.75, 3.05) is 19.6 Å². The van der Waals surface area contributed by atoms with Gasteiger partial charge in [0.2, 0.25) is 5.91 Å². The van der Waals surface area contributed by atoms with Gasteiger partial charge in [-0.1, -0.05) is 13.3 Å². The number of nitrogens with zero attached hydrogens (tertiary/aromatic N) is 1. The number of fused-ring (bicyclic) bond motifs is 5. The maximum Gasteiger partial charge on any atom is 0.222 e. The highest BCUT2D eigenvalue weighted by molar-refractivity contribution is 7.81. The molecule has 5 fully saturated rings. The summed E-state index contributed by atoms with van der Waals surface area (Å²) in [6.45, 7) is 5.44. The van der Waals surface area contributed by atoms with E-state index in [0.717, 1.165) is 45.3 Å². The van der Waals surface area contributed by atoms with Crippen LogP contribution in [-0.2, 0) is 4.79 Å². The molecule has 0 radical (unpaired) electrons. The Bertz CT molecular complexity index is 659. The lowest BCUT2D eigenvalue weighted by atomic mass is 9.46. The highest BCUT2D eigenvalue weighted by atomic mass is 32.1. The molecule has 170 valence electrons. The second-order valence-corrected chi connectivity index (χ2v) is 12.5. The predicted octanol–water partition coefficient (Wildman–Crippen LogP) is 4.02. The number of thiol groups is 1. The van der Waals surface area contributed by atoms with Crippen LogP contribution in [0.15, 0.2) is 0 Å². The summed E-state index contributed by atoms with van der Waals surface area (Å²) in [5, 5.41) is 15.1. The molecule has 8 unspecified atom stereocenters. The summed E-state index contributed by atoms with van der Waals surface area (Å²) in [5.74, 6) is 2.80. The van der Waals surface area contributed by atoms with Crippen molar-refractivity contribution in [1.29, 1.82) is 0 Å². The van der Waals surface area contributed by atoms with Gasteiger partial charge in [-0.3, -0.25) is 4.79 Å². The van der Waals surface area contributed by atoms with Crippen LogP contribution in [0.3, 0.4) is 0 Å². The van der Waals surface area contributed by atoms with E-state index in [0.29, 0.717) is 41.0 Å². The lowest BCUT2D eigenvalue weighted by Gasteiger charge is -2.61. The van der Waals surface area contributed by atoms with Crippen molar-refractivity contribution in [3.8, 4) is 0 Å². The van der Waals surface area contributed by atoms with Gasteiger partial charge >= 0.3 is 0 Å². The van der Waals surface area contributed by atoms with E-state index in [4.69, 9.17) is 12.6 Å². The predicted molar refractivity (Wildman–Crippen MR) is 124 cm³/mol. The lowest BCUT2D eigenvalue weighted by Crippen LogP contribution is -2.59. The minimum Gasteiger partial charge on any atom is -0.393 e. The molecule has 5 aliphatic rings. The van der Waals surface area contributed by atoms with Gasteiger partial charge in [-0.2, -0.15) is 12.6 Å². The molecule has 0 aromatic carbocycles. The van der Waals surface area contributed by atoms with Crippen molar-refractivity contribution in [2.24, 2.45) is 29.1 Å². The SMILES string of the molecule is CC12CCC(NCCCN3CCCC3=O)CC1CC(O)C1C3CCCC3(S)CCC12. The van der Waals surface area contributed by atoms with Gasteiger partial charge in [-0.05, 0) is 99.8 Å². The zero-order valence-corrected chi connectivity index (χ0v) is 19.7. The normalized spacial score (nSPS) is 48.4. The van der Waals surface area contributed by atoms with Crippen molar-refractivity contribution in [2.45, 2.75) is 101 Å². The highest BCUT2D eigenvalue weighted by Crippen LogP contribution is 2.65. The number of likely N-dealkylation sites (tertiary alicyclic amines) is 1. The van der Waals surface area contributed by atoms with E-state index in [1.54, 1.807) is 0 Å². The smallest absolute Gasteiger partial charge is 0.222 e. The van der Waals surface area contributed by atoms with Gasteiger partial charge in [0, 0.05) is 30.3 Å². The molecule has 4 aliphatic carbocycles. The third-order valence-electron chi connectivity index (χ3n) is 10.2. The summed E-state index contributed by atoms with van der Waals surface area (Å²) in [7, 11) is 0. The van der Waals surface area contributed by atoms with Crippen LogP contribution in [-0.4, -0.2) is 52.4 Å². The van der Waals surface area contributed by atoms with E-state index in [-0.39, 0.29) is 10.9 Å². The van der Waals surface area contributed by atoms with Crippen LogP contribution in [0.1, 0.15) is 84.0 Å². The quantitative estimate of drug-likeness (QED) is 0.452. The summed E-state index contributed by atoms with van der Waals surface area (Å²) >= 11 is 5.16. The fourth-order valence-electron chi connectivity index (χ4n) is 8.55. The van der Waals surface area contributed by atoms with Crippen molar-refractivity contribution >= 4 is 18.5 Å². The molecular weight excluding hydrogens is 392 g/mol. The first-order valence-corrected chi connectivity index (χ1v) is 13.3. The van der Waals surface area contributed by atoms with E-state index in [1.807, 2.05) is 4.90 Å². The molecule has 1 amide bonds. The number of aliphatic hydroxyl groups excluding tert-OH is 1. The first kappa shape index (κ1) is 21.6. The molecule has 4 nitrogen and oxygen atoms in total. The number of nitrogens with one attached hydrogen (secondary N) is 1. The summed E-state index contributed by atoms with van der Waals surface area (Å²) in [6.07, 6.45) is 13.9. The molecule has 4 saturated carbocycles. The zero-order chi connectivity index (χ0) is 20.9. The average molecular weight is 435 g/mol. The number of amides is 1. The Kier molecular flexibility index (Phi) is 5.94. The lowest BCUT2D eigenvalue weighted by molar-refractivity contribution is -0.142. The van der Waals surface area contributed by atoms with Crippen molar-refractivity contribution in [1.82, 2.24) is 10.2 Å². The molecule has 2 N–H and O–H groups in total. The van der Waals surface area contributed by atoms with Crippen molar-refractivity contribution < 1.29 is 9.90 Å². The molecule has 0 bridgehead atoms. The number of hydrogen-bond donors (Lipinski definition) is 3. The topological polar surface area (TPSA) is 52.6 Å². The van der Waals surface area contributed by atoms with E-state index < -0.39 is 0 Å². The van der Waals surface area contributed by atoms with Crippen LogP contribution in [0.25, 0.3) is 0 Å². The van der Waals surface area contributed by atoms with Crippen LogP contribution in [0.4, 0.5) is 0 Å². The number of carbonyl (C=O) groups excluding carboxylic acids is 1. The fourth-order valence-corrected chi connectivity index (χ4v) is 9.14. The van der Waals surface area contributed by atoms with Gasteiger partial charge in [0.25, 0.3) is 0 Å². The molecule has 30 heavy (non-hydrogen) atoms. The van der Waals surface area contributed by atoms with Crippen LogP contribution in [0, 0.1) is 29.1 Å². The summed E-state index contributed by atoms with van der Waals surface area (Å²) < 4.78 is 0.209. The maximum atomic E-state index is 11.8. The number of aliphatic hydroxyl groups is 1. The van der Waals surface area contributed by atoms with Crippen LogP contribution in [0.2, 0.25) is 0 Å². The van der Waals surface area contributed by atoms with Crippen LogP contribution in [0.5, 0.6) is 0 Å². The third kappa shape index (κ3) is 3.65. The van der Waals surface area contributed by atoms with Gasteiger partial charge < -0.3 is 15.3 Å². The molecular formula is C25H42N2O2S. The number of rotatable bonds is 5. The Balaban J connectivity index is 1.17. The van der Waals surface area contributed by atoms with Crippen molar-refractivity contribution in [3.63, 3.8) is 0 Å². The minimum absolute atomic E-state index is 0.122. The fraction of sp³-hybridized carbons (Fsp3) is 0.960. The van der Waals surface area contributed by atoms with Gasteiger partial charge in [-0.15, -0.1) is 0 Å². The second-order valence-electron chi connectivity index (χ2n) is 11.6. The molecule has 0 aromatic rings. The van der Waals surface area contributed by atoms with Gasteiger partial charge in [0.05, 0.1) is 6.10 Å². The Morgan fingerprint density at radius 2 is 2.00 bits per heavy atom. The van der Waals surface area contributed by atoms with Gasteiger partial charge in [0.15, 0.2) is 0 Å². The molecule has 5 heteroatoms. The Morgan fingerprint density at radius 3 is 2.80 bits per heavy atom. The van der Waals surface area contributed by atoms with E-state index in [1.165, 1.54) is 51.4 Å². The molecule has 1 heterocycles. The summed E-state index contributed by atoms with van der Waals surface area (Å²) in [5.41, 5.74) is 0.405. The third-order valence-corrected chi connectivity index (χ3v) is 11.0. The Labute approximate surface area is 188 Å². The average Bonchev–Trinajstić information content (AvgIpc) is 3.31. The first-order chi connectivity index (χ1) is 14.4. The minimum atomic E-state index is -0.122. The summed E-state index contributed by atoms with van der Waals surface area (Å²) in [6, 6.07) is 0.583. The molecule has 1 saturated heterocycles. The standard InChI is InChI=1S/C25H42N2O2S/c1-24-10-7-18(26-12-4-14-27-13-3-6-22(27)29)15-17(24)16-21(28)23-19(24)8-11-25(30)9-2-5-20(23)25/h17-21,23,26,28,30H,2-16H2,1H3. The van der Waals surface area contributed by atoms with E-state index in [9.17, 15) is 9.90 Å². The molecule has 0 spiro atoms. The van der Waals surface area contributed by atoms with E-state index >= 15 is 0 Å². The zero-order valence-electron chi connectivity index (χ0n) is 18.8. The Hall–Kier alpha value is -0.260. The van der Waals surface area contributed by atoms with Gasteiger partial charge in [-0.25, -0.2) is 0 Å². The molecule has 8 atom stereocenters. The largest absolute Gasteiger partial charge is 0.393 e. The van der Waals surface area contributed by atoms with E-state index in [2.05, 4.69) is 12.2 Å². The van der Waals surface area contributed by atoms with Crippen molar-refractivity contribution in [3.05, 3.63) is 0 Å². The van der Waals surface area contributed by atoms with Crippen LogP contribution >= 0.6 is 12.6 Å².